The van der Waals surface area contributed by atoms with E-state index in [0.29, 0.717) is 23.6 Å². The molecule has 24 heavy (non-hydrogen) atoms. The average Bonchev–Trinajstić information content (AvgIpc) is 3.04. The van der Waals surface area contributed by atoms with Crippen molar-refractivity contribution in [1.29, 1.82) is 0 Å². The Morgan fingerprint density at radius 3 is 2.83 bits per heavy atom. The first kappa shape index (κ1) is 16.8. The summed E-state index contributed by atoms with van der Waals surface area (Å²) in [7, 11) is 0. The molecule has 0 N–H and O–H groups in total. The van der Waals surface area contributed by atoms with Crippen molar-refractivity contribution in [3.63, 3.8) is 0 Å². The zero-order valence-corrected chi connectivity index (χ0v) is 14.3. The standard InChI is InChI=1S/C16H19N3O4S/c1-2-22-14-10-12(8-9-13(14)19(20)21)24-16-18-17-15(23-16)11-6-4-3-5-7-11/h8-11H,2-7H2,1H3. The smallest absolute Gasteiger partial charge is 0.310 e. The number of nitro benzene ring substituents is 1. The van der Waals surface area contributed by atoms with Gasteiger partial charge in [0.25, 0.3) is 5.22 Å². The number of ether oxygens (including phenoxy) is 1. The summed E-state index contributed by atoms with van der Waals surface area (Å²) in [4.78, 5) is 11.3. The third-order valence-electron chi connectivity index (χ3n) is 4.01. The van der Waals surface area contributed by atoms with Crippen LogP contribution in [0.1, 0.15) is 50.8 Å². The number of benzene rings is 1. The molecule has 1 fully saturated rings. The quantitative estimate of drug-likeness (QED) is 0.557. The molecule has 0 amide bonds. The fraction of sp³-hybridized carbons (Fsp3) is 0.500. The predicted octanol–water partition coefficient (Wildman–Crippen LogP) is 4.58. The number of hydrogen-bond acceptors (Lipinski definition) is 7. The summed E-state index contributed by atoms with van der Waals surface area (Å²) in [5.41, 5.74) is -0.0466. The van der Waals surface area contributed by atoms with E-state index in [1.54, 1.807) is 19.1 Å². The molecule has 1 saturated carbocycles. The molecule has 1 aromatic carbocycles. The van der Waals surface area contributed by atoms with E-state index < -0.39 is 4.92 Å². The van der Waals surface area contributed by atoms with Gasteiger partial charge in [-0.15, -0.1) is 10.2 Å². The van der Waals surface area contributed by atoms with Gasteiger partial charge in [-0.05, 0) is 37.6 Å². The lowest BCUT2D eigenvalue weighted by molar-refractivity contribution is -0.385. The van der Waals surface area contributed by atoms with Crippen molar-refractivity contribution in [2.75, 3.05) is 6.61 Å². The Hall–Kier alpha value is -2.09. The van der Waals surface area contributed by atoms with Gasteiger partial charge in [-0.3, -0.25) is 10.1 Å². The van der Waals surface area contributed by atoms with Crippen molar-refractivity contribution in [1.82, 2.24) is 10.2 Å². The van der Waals surface area contributed by atoms with Crippen molar-refractivity contribution in [2.45, 2.75) is 55.1 Å². The highest BCUT2D eigenvalue weighted by Crippen LogP contribution is 2.37. The summed E-state index contributed by atoms with van der Waals surface area (Å²) in [5.74, 6) is 1.31. The first-order valence-corrected chi connectivity index (χ1v) is 8.91. The minimum absolute atomic E-state index is 0.0466. The largest absolute Gasteiger partial charge is 0.487 e. The Bertz CT molecular complexity index is 713. The van der Waals surface area contributed by atoms with Crippen LogP contribution in [0.5, 0.6) is 5.75 Å². The zero-order valence-electron chi connectivity index (χ0n) is 13.4. The minimum Gasteiger partial charge on any atom is -0.487 e. The van der Waals surface area contributed by atoms with E-state index in [4.69, 9.17) is 9.15 Å². The first-order valence-electron chi connectivity index (χ1n) is 8.10. The van der Waals surface area contributed by atoms with Gasteiger partial charge in [-0.1, -0.05) is 19.3 Å². The maximum atomic E-state index is 11.0. The molecule has 128 valence electrons. The Kier molecular flexibility index (Phi) is 5.34. The van der Waals surface area contributed by atoms with Crippen molar-refractivity contribution in [3.05, 3.63) is 34.2 Å². The van der Waals surface area contributed by atoms with Crippen LogP contribution >= 0.6 is 11.8 Å². The molecule has 1 aliphatic rings. The highest BCUT2D eigenvalue weighted by Gasteiger charge is 2.22. The zero-order chi connectivity index (χ0) is 16.9. The molecule has 0 unspecified atom stereocenters. The molecule has 2 aromatic rings. The molecule has 0 radical (unpaired) electrons. The highest BCUT2D eigenvalue weighted by atomic mass is 32.2. The van der Waals surface area contributed by atoms with Gasteiger partial charge >= 0.3 is 5.69 Å². The second-order valence-electron chi connectivity index (χ2n) is 5.66. The minimum atomic E-state index is -0.451. The Labute approximate surface area is 143 Å². The number of aromatic nitrogens is 2. The van der Waals surface area contributed by atoms with E-state index in [2.05, 4.69) is 10.2 Å². The molecule has 0 saturated heterocycles. The molecule has 0 atom stereocenters. The van der Waals surface area contributed by atoms with Gasteiger partial charge in [0.1, 0.15) is 0 Å². The van der Waals surface area contributed by atoms with Gasteiger partial charge in [0, 0.05) is 22.9 Å². The number of nitro groups is 1. The molecule has 1 aromatic heterocycles. The maximum absolute atomic E-state index is 11.0. The fourth-order valence-electron chi connectivity index (χ4n) is 2.86. The third kappa shape index (κ3) is 3.87. The first-order chi connectivity index (χ1) is 11.7. The lowest BCUT2D eigenvalue weighted by atomic mass is 9.89. The SMILES string of the molecule is CCOc1cc(Sc2nnc(C3CCCCC3)o2)ccc1[N+](=O)[O-]. The van der Waals surface area contributed by atoms with E-state index in [9.17, 15) is 10.1 Å². The summed E-state index contributed by atoms with van der Waals surface area (Å²) < 4.78 is 11.1. The summed E-state index contributed by atoms with van der Waals surface area (Å²) in [5, 5.41) is 19.7. The van der Waals surface area contributed by atoms with Crippen molar-refractivity contribution < 1.29 is 14.1 Å². The topological polar surface area (TPSA) is 91.3 Å². The average molecular weight is 349 g/mol. The van der Waals surface area contributed by atoms with Gasteiger partial charge in [-0.2, -0.15) is 0 Å². The number of hydrogen-bond donors (Lipinski definition) is 0. The summed E-state index contributed by atoms with van der Waals surface area (Å²) in [6, 6.07) is 4.73. The summed E-state index contributed by atoms with van der Waals surface area (Å²) in [6.07, 6.45) is 5.87. The molecule has 1 aliphatic carbocycles. The van der Waals surface area contributed by atoms with E-state index in [0.717, 1.165) is 17.7 Å². The van der Waals surface area contributed by atoms with Crippen LogP contribution in [0.2, 0.25) is 0 Å². The van der Waals surface area contributed by atoms with E-state index in [1.165, 1.54) is 37.1 Å². The van der Waals surface area contributed by atoms with Crippen LogP contribution in [-0.4, -0.2) is 21.7 Å². The molecule has 0 aliphatic heterocycles. The Balaban J connectivity index is 1.74. The third-order valence-corrected chi connectivity index (χ3v) is 4.84. The van der Waals surface area contributed by atoms with Gasteiger partial charge in [-0.25, -0.2) is 0 Å². The van der Waals surface area contributed by atoms with Crippen LogP contribution in [0.15, 0.2) is 32.7 Å². The number of nitrogens with zero attached hydrogens (tertiary/aromatic N) is 3. The van der Waals surface area contributed by atoms with Crippen LogP contribution in [0.3, 0.4) is 0 Å². The summed E-state index contributed by atoms with van der Waals surface area (Å²) >= 11 is 1.29. The van der Waals surface area contributed by atoms with Gasteiger partial charge in [0.2, 0.25) is 5.89 Å². The Morgan fingerprint density at radius 1 is 1.33 bits per heavy atom. The van der Waals surface area contributed by atoms with Crippen molar-refractivity contribution in [2.24, 2.45) is 0 Å². The monoisotopic (exact) mass is 349 g/mol. The lowest BCUT2D eigenvalue weighted by Gasteiger charge is -2.17. The van der Waals surface area contributed by atoms with Crippen LogP contribution in [0, 0.1) is 10.1 Å². The normalized spacial score (nSPS) is 15.4. The van der Waals surface area contributed by atoms with Gasteiger partial charge in [0.05, 0.1) is 11.5 Å². The lowest BCUT2D eigenvalue weighted by Crippen LogP contribution is -2.04. The highest BCUT2D eigenvalue weighted by molar-refractivity contribution is 7.99. The predicted molar refractivity (Wildman–Crippen MR) is 88.5 cm³/mol. The molecule has 8 heteroatoms. The van der Waals surface area contributed by atoms with Crippen LogP contribution in [0.4, 0.5) is 5.69 Å². The fourth-order valence-corrected chi connectivity index (χ4v) is 3.57. The Morgan fingerprint density at radius 2 is 2.12 bits per heavy atom. The molecule has 0 bridgehead atoms. The van der Waals surface area contributed by atoms with Gasteiger partial charge in [0.15, 0.2) is 5.75 Å². The second-order valence-corrected chi connectivity index (χ2v) is 6.69. The second kappa shape index (κ2) is 7.65. The van der Waals surface area contributed by atoms with Gasteiger partial charge < -0.3 is 9.15 Å². The molecule has 1 heterocycles. The van der Waals surface area contributed by atoms with Crippen molar-refractivity contribution in [3.8, 4) is 5.75 Å². The van der Waals surface area contributed by atoms with Crippen LogP contribution < -0.4 is 4.74 Å². The van der Waals surface area contributed by atoms with E-state index in [1.807, 2.05) is 0 Å². The molecule has 7 nitrogen and oxygen atoms in total. The summed E-state index contributed by atoms with van der Waals surface area (Å²) in [6.45, 7) is 2.15. The number of rotatable bonds is 6. The molecule has 3 rings (SSSR count). The molecule has 0 spiro atoms. The van der Waals surface area contributed by atoms with E-state index in [-0.39, 0.29) is 11.4 Å². The van der Waals surface area contributed by atoms with Crippen molar-refractivity contribution >= 4 is 17.4 Å². The maximum Gasteiger partial charge on any atom is 0.310 e. The van der Waals surface area contributed by atoms with Crippen LogP contribution in [0.25, 0.3) is 0 Å². The molecular weight excluding hydrogens is 330 g/mol. The van der Waals surface area contributed by atoms with E-state index >= 15 is 0 Å². The van der Waals surface area contributed by atoms with Crippen LogP contribution in [-0.2, 0) is 0 Å². The molecular formula is C16H19N3O4S.